The van der Waals surface area contributed by atoms with E-state index in [2.05, 4.69) is 29.4 Å². The highest BCUT2D eigenvalue weighted by Crippen LogP contribution is 2.23. The predicted octanol–water partition coefficient (Wildman–Crippen LogP) is 4.22. The van der Waals surface area contributed by atoms with Crippen molar-refractivity contribution in [2.24, 2.45) is 0 Å². The SMILES string of the molecule is CN(Cc1ccc(Oc2cccc(F)c2)cc1)C1CCNCC1.Cl. The number of nitrogens with one attached hydrogen (secondary N) is 1. The molecule has 1 N–H and O–H groups in total. The molecule has 2 aromatic carbocycles. The van der Waals surface area contributed by atoms with Crippen LogP contribution >= 0.6 is 12.4 Å². The van der Waals surface area contributed by atoms with Gasteiger partial charge in [-0.2, -0.15) is 0 Å². The second-order valence-corrected chi connectivity index (χ2v) is 6.10. The van der Waals surface area contributed by atoms with E-state index in [1.807, 2.05) is 12.1 Å². The van der Waals surface area contributed by atoms with Crippen molar-refractivity contribution in [2.45, 2.75) is 25.4 Å². The van der Waals surface area contributed by atoms with Crippen molar-refractivity contribution >= 4 is 12.4 Å². The van der Waals surface area contributed by atoms with Gasteiger partial charge in [-0.15, -0.1) is 12.4 Å². The van der Waals surface area contributed by atoms with E-state index < -0.39 is 0 Å². The second kappa shape index (κ2) is 9.02. The third-order valence-electron chi connectivity index (χ3n) is 4.32. The van der Waals surface area contributed by atoms with Crippen molar-refractivity contribution in [1.29, 1.82) is 0 Å². The fourth-order valence-corrected chi connectivity index (χ4v) is 2.99. The number of piperidine rings is 1. The first-order chi connectivity index (χ1) is 11.2. The summed E-state index contributed by atoms with van der Waals surface area (Å²) in [6.07, 6.45) is 2.41. The summed E-state index contributed by atoms with van der Waals surface area (Å²) in [4.78, 5) is 2.42. The van der Waals surface area contributed by atoms with Crippen LogP contribution in [0.1, 0.15) is 18.4 Å². The Kier molecular flexibility index (Phi) is 7.03. The van der Waals surface area contributed by atoms with Gasteiger partial charge in [0.1, 0.15) is 17.3 Å². The molecule has 3 nitrogen and oxygen atoms in total. The summed E-state index contributed by atoms with van der Waals surface area (Å²) in [7, 11) is 2.19. The number of halogens is 2. The monoisotopic (exact) mass is 350 g/mol. The Morgan fingerprint density at radius 1 is 1.08 bits per heavy atom. The zero-order chi connectivity index (χ0) is 16.1. The first kappa shape index (κ1) is 18.7. The molecule has 1 fully saturated rings. The first-order valence-electron chi connectivity index (χ1n) is 8.14. The van der Waals surface area contributed by atoms with E-state index in [4.69, 9.17) is 4.74 Å². The van der Waals surface area contributed by atoms with Crippen LogP contribution in [0, 0.1) is 5.82 Å². The highest BCUT2D eigenvalue weighted by atomic mass is 35.5. The van der Waals surface area contributed by atoms with Crippen LogP contribution < -0.4 is 10.1 Å². The lowest BCUT2D eigenvalue weighted by atomic mass is 10.0. The average molecular weight is 351 g/mol. The maximum Gasteiger partial charge on any atom is 0.130 e. The molecule has 1 aliphatic heterocycles. The van der Waals surface area contributed by atoms with E-state index in [0.717, 1.165) is 25.4 Å². The van der Waals surface area contributed by atoms with Crippen LogP contribution in [0.3, 0.4) is 0 Å². The van der Waals surface area contributed by atoms with Gasteiger partial charge in [-0.05, 0) is 62.8 Å². The molecule has 5 heteroatoms. The zero-order valence-electron chi connectivity index (χ0n) is 13.9. The van der Waals surface area contributed by atoms with Crippen LogP contribution in [0.5, 0.6) is 11.5 Å². The van der Waals surface area contributed by atoms with Crippen LogP contribution in [-0.4, -0.2) is 31.1 Å². The minimum absolute atomic E-state index is 0. The van der Waals surface area contributed by atoms with Gasteiger partial charge in [-0.3, -0.25) is 4.90 Å². The molecule has 0 aromatic heterocycles. The van der Waals surface area contributed by atoms with Gasteiger partial charge in [-0.25, -0.2) is 4.39 Å². The molecule has 0 amide bonds. The molecule has 0 saturated carbocycles. The van der Waals surface area contributed by atoms with Crippen LogP contribution in [0.4, 0.5) is 4.39 Å². The Morgan fingerprint density at radius 2 is 1.79 bits per heavy atom. The minimum atomic E-state index is -0.289. The predicted molar refractivity (Wildman–Crippen MR) is 97.5 cm³/mol. The Labute approximate surface area is 149 Å². The molecule has 0 radical (unpaired) electrons. The maximum absolute atomic E-state index is 13.2. The number of ether oxygens (including phenoxy) is 1. The van der Waals surface area contributed by atoms with Crippen molar-refractivity contribution in [2.75, 3.05) is 20.1 Å². The summed E-state index contributed by atoms with van der Waals surface area (Å²) >= 11 is 0. The third kappa shape index (κ3) is 5.20. The molecule has 24 heavy (non-hydrogen) atoms. The normalized spacial score (nSPS) is 15.1. The number of benzene rings is 2. The molecule has 1 heterocycles. The Hall–Kier alpha value is -1.62. The molecule has 0 atom stereocenters. The van der Waals surface area contributed by atoms with E-state index >= 15 is 0 Å². The van der Waals surface area contributed by atoms with Gasteiger partial charge in [0.15, 0.2) is 0 Å². The summed E-state index contributed by atoms with van der Waals surface area (Å²) in [6.45, 7) is 3.15. The van der Waals surface area contributed by atoms with Gasteiger partial charge < -0.3 is 10.1 Å². The smallest absolute Gasteiger partial charge is 0.130 e. The number of hydrogen-bond donors (Lipinski definition) is 1. The van der Waals surface area contributed by atoms with Crippen molar-refractivity contribution in [3.63, 3.8) is 0 Å². The molecular formula is C19H24ClFN2O. The lowest BCUT2D eigenvalue weighted by Crippen LogP contribution is -2.40. The second-order valence-electron chi connectivity index (χ2n) is 6.10. The zero-order valence-corrected chi connectivity index (χ0v) is 14.7. The van der Waals surface area contributed by atoms with Gasteiger partial charge in [0.2, 0.25) is 0 Å². The number of rotatable bonds is 5. The molecule has 0 bridgehead atoms. The molecular weight excluding hydrogens is 327 g/mol. The van der Waals surface area contributed by atoms with Gasteiger partial charge in [0.25, 0.3) is 0 Å². The Balaban J connectivity index is 0.00000208. The van der Waals surface area contributed by atoms with Crippen molar-refractivity contribution < 1.29 is 9.13 Å². The molecule has 1 saturated heterocycles. The summed E-state index contributed by atoms with van der Waals surface area (Å²) in [5.41, 5.74) is 1.26. The van der Waals surface area contributed by atoms with Crippen molar-refractivity contribution in [3.05, 3.63) is 59.9 Å². The van der Waals surface area contributed by atoms with Crippen molar-refractivity contribution in [3.8, 4) is 11.5 Å². The van der Waals surface area contributed by atoms with E-state index in [-0.39, 0.29) is 18.2 Å². The average Bonchev–Trinajstić information content (AvgIpc) is 2.57. The summed E-state index contributed by atoms with van der Waals surface area (Å²) in [5, 5.41) is 3.40. The van der Waals surface area contributed by atoms with Crippen LogP contribution in [0.15, 0.2) is 48.5 Å². The topological polar surface area (TPSA) is 24.5 Å². The molecule has 0 unspecified atom stereocenters. The van der Waals surface area contributed by atoms with E-state index in [1.54, 1.807) is 12.1 Å². The highest BCUT2D eigenvalue weighted by Gasteiger charge is 2.17. The molecule has 130 valence electrons. The minimum Gasteiger partial charge on any atom is -0.457 e. The molecule has 0 aliphatic carbocycles. The largest absolute Gasteiger partial charge is 0.457 e. The Morgan fingerprint density at radius 3 is 2.46 bits per heavy atom. The summed E-state index contributed by atoms with van der Waals surface area (Å²) in [6, 6.07) is 14.9. The van der Waals surface area contributed by atoms with Gasteiger partial charge in [0, 0.05) is 18.7 Å². The molecule has 1 aliphatic rings. The lowest BCUT2D eigenvalue weighted by molar-refractivity contribution is 0.192. The molecule has 3 rings (SSSR count). The van der Waals surface area contributed by atoms with E-state index in [0.29, 0.717) is 11.8 Å². The van der Waals surface area contributed by atoms with Crippen molar-refractivity contribution in [1.82, 2.24) is 10.2 Å². The fourth-order valence-electron chi connectivity index (χ4n) is 2.99. The highest BCUT2D eigenvalue weighted by molar-refractivity contribution is 5.85. The van der Waals surface area contributed by atoms with Gasteiger partial charge in [0.05, 0.1) is 0 Å². The summed E-state index contributed by atoms with van der Waals surface area (Å²) < 4.78 is 18.8. The molecule has 0 spiro atoms. The van der Waals surface area contributed by atoms with Gasteiger partial charge in [-0.1, -0.05) is 18.2 Å². The maximum atomic E-state index is 13.2. The van der Waals surface area contributed by atoms with E-state index in [1.165, 1.54) is 30.5 Å². The molecule has 2 aromatic rings. The van der Waals surface area contributed by atoms with Crippen LogP contribution in [-0.2, 0) is 6.54 Å². The summed E-state index contributed by atoms with van der Waals surface area (Å²) in [5.74, 6) is 0.955. The fraction of sp³-hybridized carbons (Fsp3) is 0.368. The first-order valence-corrected chi connectivity index (χ1v) is 8.14. The standard InChI is InChI=1S/C19H23FN2O.ClH/c1-22(17-9-11-21-12-10-17)14-15-5-7-18(8-6-15)23-19-4-2-3-16(20)13-19;/h2-8,13,17,21H,9-12,14H2,1H3;1H. The number of hydrogen-bond acceptors (Lipinski definition) is 3. The van der Waals surface area contributed by atoms with E-state index in [9.17, 15) is 4.39 Å². The third-order valence-corrected chi connectivity index (χ3v) is 4.32. The number of nitrogens with zero attached hydrogens (tertiary/aromatic N) is 1. The van der Waals surface area contributed by atoms with Crippen LogP contribution in [0.2, 0.25) is 0 Å². The van der Waals surface area contributed by atoms with Crippen LogP contribution in [0.25, 0.3) is 0 Å². The lowest BCUT2D eigenvalue weighted by Gasteiger charge is -2.31. The van der Waals surface area contributed by atoms with Gasteiger partial charge >= 0.3 is 0 Å². The quantitative estimate of drug-likeness (QED) is 0.873. The Bertz CT molecular complexity index is 630.